The Morgan fingerprint density at radius 3 is 2.41 bits per heavy atom. The molecule has 1 aliphatic heterocycles. The van der Waals surface area contributed by atoms with Crippen molar-refractivity contribution in [3.63, 3.8) is 0 Å². The first-order chi connectivity index (χ1) is 13.7. The maximum absolute atomic E-state index is 9.83. The van der Waals surface area contributed by atoms with Gasteiger partial charge in [-0.3, -0.25) is 4.99 Å². The van der Waals surface area contributed by atoms with E-state index in [1.807, 2.05) is 0 Å². The van der Waals surface area contributed by atoms with E-state index in [-0.39, 0.29) is 24.0 Å². The summed E-state index contributed by atoms with van der Waals surface area (Å²) in [5, 5.41) is 12.3. The van der Waals surface area contributed by atoms with E-state index in [1.165, 1.54) is 21.9 Å². The highest BCUT2D eigenvalue weighted by Gasteiger charge is 2.35. The van der Waals surface area contributed by atoms with Crippen molar-refractivity contribution in [3.8, 4) is 0 Å². The molecule has 2 atom stereocenters. The number of hydrogen-bond donors (Lipinski definition) is 2. The van der Waals surface area contributed by atoms with Crippen molar-refractivity contribution in [1.29, 1.82) is 0 Å². The number of aliphatic hydroxyl groups is 1. The van der Waals surface area contributed by atoms with E-state index < -0.39 is 0 Å². The third-order valence-electron chi connectivity index (χ3n) is 5.70. The number of nitrogens with zero attached hydrogens (tertiary/aromatic N) is 1. The smallest absolute Gasteiger partial charge is 0.0806 e. The van der Waals surface area contributed by atoms with Crippen LogP contribution in [0.3, 0.4) is 0 Å². The van der Waals surface area contributed by atoms with Crippen LogP contribution < -0.4 is 0 Å². The number of ether oxygens (including phenoxy) is 1. The van der Waals surface area contributed by atoms with Crippen molar-refractivity contribution in [2.75, 3.05) is 20.3 Å². The molecule has 2 aromatic rings. The number of fused-ring (bicyclic) bond motifs is 3. The quantitative estimate of drug-likeness (QED) is 0.494. The zero-order chi connectivity index (χ0) is 21.3. The summed E-state index contributed by atoms with van der Waals surface area (Å²) < 4.78 is 5.41. The lowest BCUT2D eigenvalue weighted by molar-refractivity contribution is 0.184. The molecule has 0 saturated carbocycles. The lowest BCUT2D eigenvalue weighted by Crippen LogP contribution is -2.31. The summed E-state index contributed by atoms with van der Waals surface area (Å²) in [4.78, 5) is 5.61. The fourth-order valence-corrected chi connectivity index (χ4v) is 4.49. The Balaban J connectivity index is 2.41. The maximum atomic E-state index is 9.83. The molecule has 29 heavy (non-hydrogen) atoms. The molecule has 0 saturated heterocycles. The average Bonchev–Trinajstić information content (AvgIpc) is 2.69. The van der Waals surface area contributed by atoms with E-state index in [2.05, 4.69) is 76.9 Å². The van der Waals surface area contributed by atoms with Gasteiger partial charge in [-0.25, -0.2) is 0 Å². The third-order valence-corrected chi connectivity index (χ3v) is 5.91. The first-order valence-corrected chi connectivity index (χ1v) is 10.5. The van der Waals surface area contributed by atoms with Crippen LogP contribution in [-0.2, 0) is 10.2 Å². The third kappa shape index (κ3) is 4.07. The summed E-state index contributed by atoms with van der Waals surface area (Å²) in [5.41, 5.74) is 5.05. The standard InChI is InChI=1S/C25H31NO2S/c1-15(14-27)23-19(11-12-28-6)22-18-10-8-7-9-17(18)21(25(3,4)5)13-20(22)24(26-23)16(2)29/h7-10,13,19,23,27,29H,1-2,11-12,14H2,3-6H3. The Morgan fingerprint density at radius 2 is 1.86 bits per heavy atom. The van der Waals surface area contributed by atoms with E-state index in [4.69, 9.17) is 9.73 Å². The van der Waals surface area contributed by atoms with Crippen LogP contribution in [0.1, 0.15) is 49.8 Å². The second-order valence-electron chi connectivity index (χ2n) is 8.75. The summed E-state index contributed by atoms with van der Waals surface area (Å²) in [6.45, 7) is 15.4. The molecule has 3 nitrogen and oxygen atoms in total. The second-order valence-corrected chi connectivity index (χ2v) is 9.29. The van der Waals surface area contributed by atoms with Gasteiger partial charge >= 0.3 is 0 Å². The van der Waals surface area contributed by atoms with Crippen molar-refractivity contribution in [2.24, 2.45) is 4.99 Å². The molecule has 1 aliphatic rings. The highest BCUT2D eigenvalue weighted by molar-refractivity contribution is 7.85. The molecule has 0 bridgehead atoms. The van der Waals surface area contributed by atoms with Crippen molar-refractivity contribution in [3.05, 3.63) is 70.7 Å². The minimum Gasteiger partial charge on any atom is -0.392 e. The first kappa shape index (κ1) is 21.8. The minimum atomic E-state index is -0.231. The van der Waals surface area contributed by atoms with Crippen molar-refractivity contribution in [1.82, 2.24) is 0 Å². The van der Waals surface area contributed by atoms with Gasteiger partial charge in [0.15, 0.2) is 0 Å². The molecule has 4 heteroatoms. The van der Waals surface area contributed by atoms with Gasteiger partial charge in [0.2, 0.25) is 0 Å². The van der Waals surface area contributed by atoms with Gasteiger partial charge in [0.1, 0.15) is 0 Å². The largest absolute Gasteiger partial charge is 0.392 e. The molecule has 1 heterocycles. The Hall–Kier alpha value is -1.88. The lowest BCUT2D eigenvalue weighted by Gasteiger charge is -2.35. The monoisotopic (exact) mass is 409 g/mol. The van der Waals surface area contributed by atoms with E-state index >= 15 is 0 Å². The molecule has 1 N–H and O–H groups in total. The molecule has 154 valence electrons. The number of aliphatic imine (C=N–C) groups is 1. The topological polar surface area (TPSA) is 41.8 Å². The maximum Gasteiger partial charge on any atom is 0.0806 e. The van der Waals surface area contributed by atoms with Crippen molar-refractivity contribution < 1.29 is 9.84 Å². The molecule has 3 rings (SSSR count). The summed E-state index contributed by atoms with van der Waals surface area (Å²) in [5.74, 6) is 0.0694. The molecule has 0 radical (unpaired) electrons. The summed E-state index contributed by atoms with van der Waals surface area (Å²) >= 11 is 4.56. The highest BCUT2D eigenvalue weighted by atomic mass is 32.1. The van der Waals surface area contributed by atoms with Crippen LogP contribution in [0.4, 0.5) is 0 Å². The van der Waals surface area contributed by atoms with Crippen LogP contribution in [0.2, 0.25) is 0 Å². The molecule has 0 fully saturated rings. The molecular weight excluding hydrogens is 378 g/mol. The van der Waals surface area contributed by atoms with Crippen molar-refractivity contribution in [2.45, 2.75) is 44.6 Å². The zero-order valence-electron chi connectivity index (χ0n) is 17.8. The van der Waals surface area contributed by atoms with Gasteiger partial charge in [-0.2, -0.15) is 0 Å². The van der Waals surface area contributed by atoms with Gasteiger partial charge in [-0.1, -0.05) is 58.2 Å². The molecule has 2 aromatic carbocycles. The van der Waals surface area contributed by atoms with Crippen LogP contribution in [0.15, 0.2) is 59.0 Å². The molecule has 2 unspecified atom stereocenters. The fraction of sp³-hybridized carbons (Fsp3) is 0.400. The molecular formula is C25H31NO2S. The zero-order valence-corrected chi connectivity index (χ0v) is 18.7. The number of rotatable bonds is 6. The van der Waals surface area contributed by atoms with Crippen molar-refractivity contribution >= 4 is 29.1 Å². The summed E-state index contributed by atoms with van der Waals surface area (Å²) in [6, 6.07) is 10.6. The van der Waals surface area contributed by atoms with Crippen LogP contribution >= 0.6 is 12.6 Å². The number of aliphatic hydroxyl groups excluding tert-OH is 1. The number of thiol groups is 1. The number of methoxy groups -OCH3 is 1. The number of benzene rings is 2. The Morgan fingerprint density at radius 1 is 1.21 bits per heavy atom. The molecule has 0 aromatic heterocycles. The van der Waals surface area contributed by atoms with E-state index in [0.29, 0.717) is 17.1 Å². The van der Waals surface area contributed by atoms with Crippen LogP contribution in [0, 0.1) is 0 Å². The van der Waals surface area contributed by atoms with Gasteiger partial charge < -0.3 is 9.84 Å². The van der Waals surface area contributed by atoms with Crippen LogP contribution in [0.5, 0.6) is 0 Å². The average molecular weight is 410 g/mol. The SMILES string of the molecule is C=C(S)C1=NC(C(=C)CO)C(CCOC)c2c1cc(C(C)(C)C)c1ccccc21. The Labute approximate surface area is 179 Å². The van der Waals surface area contributed by atoms with Gasteiger partial charge in [0, 0.05) is 30.1 Å². The molecule has 0 aliphatic carbocycles. The van der Waals surface area contributed by atoms with Crippen LogP contribution in [0.25, 0.3) is 10.8 Å². The van der Waals surface area contributed by atoms with Gasteiger partial charge in [-0.15, -0.1) is 12.6 Å². The normalized spacial score (nSPS) is 19.0. The highest BCUT2D eigenvalue weighted by Crippen LogP contribution is 2.44. The molecule has 0 spiro atoms. The Bertz CT molecular complexity index is 984. The number of allylic oxidation sites excluding steroid dienone is 1. The Kier molecular flexibility index (Phi) is 6.37. The number of hydrogen-bond acceptors (Lipinski definition) is 4. The molecule has 0 amide bonds. The van der Waals surface area contributed by atoms with Gasteiger partial charge in [-0.05, 0) is 45.4 Å². The minimum absolute atomic E-state index is 0.0226. The predicted molar refractivity (Wildman–Crippen MR) is 127 cm³/mol. The van der Waals surface area contributed by atoms with Crippen LogP contribution in [-0.4, -0.2) is 37.2 Å². The van der Waals surface area contributed by atoms with E-state index in [9.17, 15) is 5.11 Å². The van der Waals surface area contributed by atoms with Gasteiger partial charge in [0.05, 0.1) is 18.4 Å². The lowest BCUT2D eigenvalue weighted by atomic mass is 9.73. The summed E-state index contributed by atoms with van der Waals surface area (Å²) in [7, 11) is 1.71. The second kappa shape index (κ2) is 8.47. The first-order valence-electron chi connectivity index (χ1n) is 10.0. The van der Waals surface area contributed by atoms with Gasteiger partial charge in [0.25, 0.3) is 0 Å². The van der Waals surface area contributed by atoms with E-state index in [1.54, 1.807) is 7.11 Å². The fourth-order valence-electron chi connectivity index (χ4n) is 4.32. The summed E-state index contributed by atoms with van der Waals surface area (Å²) in [6.07, 6.45) is 0.794. The van der Waals surface area contributed by atoms with E-state index in [0.717, 1.165) is 17.7 Å². The predicted octanol–water partition coefficient (Wildman–Crippen LogP) is 5.42.